The summed E-state index contributed by atoms with van der Waals surface area (Å²) < 4.78 is 24.3. The second-order valence-electron chi connectivity index (χ2n) is 1.73. The van der Waals surface area contributed by atoms with Crippen LogP contribution in [0.2, 0.25) is 0 Å². The molecular formula is C6H3F2O2-. The molecule has 0 atom stereocenters. The zero-order valence-electron chi connectivity index (χ0n) is 4.77. The first kappa shape index (κ1) is 6.80. The van der Waals surface area contributed by atoms with Gasteiger partial charge in [-0.3, -0.25) is 0 Å². The molecule has 0 radical (unpaired) electrons. The lowest BCUT2D eigenvalue weighted by atomic mass is 10.3. The Bertz CT molecular complexity index is 210. The summed E-state index contributed by atoms with van der Waals surface area (Å²) in [5.41, 5.74) is 0. The molecule has 0 aliphatic heterocycles. The predicted octanol–water partition coefficient (Wildman–Crippen LogP) is 0.744. The van der Waals surface area contributed by atoms with E-state index in [2.05, 4.69) is 0 Å². The molecule has 1 aromatic rings. The van der Waals surface area contributed by atoms with Crippen LogP contribution in [0.1, 0.15) is 0 Å². The van der Waals surface area contributed by atoms with E-state index in [4.69, 9.17) is 5.11 Å². The molecule has 1 aromatic carbocycles. The molecule has 0 fully saturated rings. The van der Waals surface area contributed by atoms with E-state index in [1.807, 2.05) is 0 Å². The van der Waals surface area contributed by atoms with Gasteiger partial charge in [-0.05, 0) is 6.07 Å². The van der Waals surface area contributed by atoms with Gasteiger partial charge in [-0.1, -0.05) is 5.75 Å². The summed E-state index contributed by atoms with van der Waals surface area (Å²) in [5.74, 6) is -4.17. The monoisotopic (exact) mass is 145 g/mol. The van der Waals surface area contributed by atoms with Crippen molar-refractivity contribution in [1.29, 1.82) is 0 Å². The van der Waals surface area contributed by atoms with Crippen molar-refractivity contribution in [2.75, 3.05) is 0 Å². The third-order valence-electron chi connectivity index (χ3n) is 1.00. The first-order valence-electron chi connectivity index (χ1n) is 2.46. The molecule has 4 heteroatoms. The fourth-order valence-corrected chi connectivity index (χ4v) is 0.518. The van der Waals surface area contributed by atoms with Crippen LogP contribution < -0.4 is 5.11 Å². The van der Waals surface area contributed by atoms with Crippen molar-refractivity contribution in [3.8, 4) is 11.5 Å². The summed E-state index contributed by atoms with van der Waals surface area (Å²) >= 11 is 0. The summed E-state index contributed by atoms with van der Waals surface area (Å²) in [6.07, 6.45) is 0. The smallest absolute Gasteiger partial charge is 0.164 e. The van der Waals surface area contributed by atoms with Gasteiger partial charge in [0, 0.05) is 6.07 Å². The van der Waals surface area contributed by atoms with Gasteiger partial charge < -0.3 is 10.2 Å². The zero-order valence-corrected chi connectivity index (χ0v) is 4.77. The van der Waals surface area contributed by atoms with Gasteiger partial charge in [0.2, 0.25) is 0 Å². The minimum Gasteiger partial charge on any atom is -0.870 e. The lowest BCUT2D eigenvalue weighted by molar-refractivity contribution is -0.272. The van der Waals surface area contributed by atoms with Gasteiger partial charge in [-0.2, -0.15) is 0 Å². The van der Waals surface area contributed by atoms with Crippen LogP contribution >= 0.6 is 0 Å². The van der Waals surface area contributed by atoms with Crippen molar-refractivity contribution in [2.24, 2.45) is 0 Å². The van der Waals surface area contributed by atoms with Gasteiger partial charge in [0.25, 0.3) is 0 Å². The minimum atomic E-state index is -1.15. The van der Waals surface area contributed by atoms with E-state index in [0.717, 1.165) is 0 Å². The van der Waals surface area contributed by atoms with Crippen molar-refractivity contribution in [3.63, 3.8) is 0 Å². The zero-order chi connectivity index (χ0) is 7.72. The maximum atomic E-state index is 12.1. The average molecular weight is 145 g/mol. The summed E-state index contributed by atoms with van der Waals surface area (Å²) in [5, 5.41) is 18.7. The van der Waals surface area contributed by atoms with Gasteiger partial charge in [-0.15, -0.1) is 0 Å². The molecule has 0 amide bonds. The second-order valence-corrected chi connectivity index (χ2v) is 1.73. The number of hydrogen-bond acceptors (Lipinski definition) is 2. The van der Waals surface area contributed by atoms with E-state index in [1.165, 1.54) is 0 Å². The van der Waals surface area contributed by atoms with Gasteiger partial charge in [0.1, 0.15) is 5.82 Å². The van der Waals surface area contributed by atoms with Crippen molar-refractivity contribution >= 4 is 0 Å². The first-order valence-corrected chi connectivity index (χ1v) is 2.46. The lowest BCUT2D eigenvalue weighted by Crippen LogP contribution is -1.94. The fraction of sp³-hybridized carbons (Fsp3) is 0. The number of phenols is 1. The maximum Gasteiger partial charge on any atom is 0.164 e. The largest absolute Gasteiger partial charge is 0.870 e. The van der Waals surface area contributed by atoms with Crippen LogP contribution in [0, 0.1) is 11.6 Å². The molecule has 2 nitrogen and oxygen atoms in total. The van der Waals surface area contributed by atoms with Crippen LogP contribution in [0.4, 0.5) is 8.78 Å². The highest BCUT2D eigenvalue weighted by molar-refractivity contribution is 5.31. The Kier molecular flexibility index (Phi) is 1.45. The summed E-state index contributed by atoms with van der Waals surface area (Å²) in [4.78, 5) is 0. The van der Waals surface area contributed by atoms with Crippen molar-refractivity contribution in [1.82, 2.24) is 0 Å². The Morgan fingerprint density at radius 3 is 2.30 bits per heavy atom. The summed E-state index contributed by atoms with van der Waals surface area (Å²) in [6.45, 7) is 0. The molecule has 1 rings (SSSR count). The summed E-state index contributed by atoms with van der Waals surface area (Å²) in [6, 6.07) is 0.836. The van der Waals surface area contributed by atoms with E-state index in [-0.39, 0.29) is 0 Å². The van der Waals surface area contributed by atoms with E-state index >= 15 is 0 Å². The van der Waals surface area contributed by atoms with E-state index in [1.54, 1.807) is 0 Å². The number of rotatable bonds is 0. The predicted molar refractivity (Wildman–Crippen MR) is 27.5 cm³/mol. The Hall–Kier alpha value is -1.32. The molecule has 0 unspecified atom stereocenters. The normalized spacial score (nSPS) is 9.80. The van der Waals surface area contributed by atoms with Crippen LogP contribution in [0.25, 0.3) is 0 Å². The van der Waals surface area contributed by atoms with Crippen LogP contribution in [0.5, 0.6) is 11.5 Å². The maximum absolute atomic E-state index is 12.1. The van der Waals surface area contributed by atoms with Gasteiger partial charge in [-0.25, -0.2) is 8.78 Å². The molecule has 54 valence electrons. The highest BCUT2D eigenvalue weighted by Crippen LogP contribution is 2.21. The lowest BCUT2D eigenvalue weighted by Gasteiger charge is -2.06. The fourth-order valence-electron chi connectivity index (χ4n) is 0.518. The van der Waals surface area contributed by atoms with Crippen molar-refractivity contribution in [3.05, 3.63) is 23.8 Å². The van der Waals surface area contributed by atoms with Crippen LogP contribution in [0.15, 0.2) is 12.1 Å². The van der Waals surface area contributed by atoms with Gasteiger partial charge in [0.15, 0.2) is 11.6 Å². The van der Waals surface area contributed by atoms with Crippen LogP contribution in [0.3, 0.4) is 0 Å². The number of halogens is 2. The van der Waals surface area contributed by atoms with E-state index in [0.29, 0.717) is 12.1 Å². The van der Waals surface area contributed by atoms with Crippen molar-refractivity contribution < 1.29 is 19.0 Å². The Balaban J connectivity index is 3.28. The highest BCUT2D eigenvalue weighted by atomic mass is 19.1. The van der Waals surface area contributed by atoms with E-state index in [9.17, 15) is 13.9 Å². The highest BCUT2D eigenvalue weighted by Gasteiger charge is 2.01. The SMILES string of the molecule is [O-]c1cc(F)c(O)cc1F. The minimum absolute atomic E-state index is 0.394. The molecule has 0 aliphatic carbocycles. The molecule has 10 heavy (non-hydrogen) atoms. The summed E-state index contributed by atoms with van der Waals surface area (Å²) in [7, 11) is 0. The molecule has 0 heterocycles. The molecule has 0 bridgehead atoms. The average Bonchev–Trinajstić information content (AvgIpc) is 1.84. The molecule has 0 spiro atoms. The van der Waals surface area contributed by atoms with Crippen LogP contribution in [-0.2, 0) is 0 Å². The molecule has 0 aliphatic rings. The third kappa shape index (κ3) is 1.00. The number of benzene rings is 1. The molecule has 0 saturated heterocycles. The Morgan fingerprint density at radius 2 is 1.80 bits per heavy atom. The molecule has 1 N–H and O–H groups in total. The molecule has 0 saturated carbocycles. The number of aromatic hydroxyl groups is 1. The molecular weight excluding hydrogens is 142 g/mol. The number of phenolic OH excluding ortho intramolecular Hbond substituents is 1. The van der Waals surface area contributed by atoms with Gasteiger partial charge >= 0.3 is 0 Å². The second kappa shape index (κ2) is 2.13. The van der Waals surface area contributed by atoms with Gasteiger partial charge in [0.05, 0.1) is 0 Å². The first-order chi connectivity index (χ1) is 4.61. The van der Waals surface area contributed by atoms with Crippen LogP contribution in [-0.4, -0.2) is 5.11 Å². The van der Waals surface area contributed by atoms with E-state index < -0.39 is 23.1 Å². The quantitative estimate of drug-likeness (QED) is 0.585. The van der Waals surface area contributed by atoms with Crippen molar-refractivity contribution in [2.45, 2.75) is 0 Å². The topological polar surface area (TPSA) is 43.3 Å². The Labute approximate surface area is 55.4 Å². The standard InChI is InChI=1S/C6H4F2O2/c7-3-1-5(9)4(8)2-6(3)10/h1-2,9-10H/p-1. The molecule has 0 aromatic heterocycles. The number of hydrogen-bond donors (Lipinski definition) is 1. The Morgan fingerprint density at radius 1 is 1.20 bits per heavy atom. The third-order valence-corrected chi connectivity index (χ3v) is 1.00.